The van der Waals surface area contributed by atoms with E-state index in [-0.39, 0.29) is 5.91 Å². The van der Waals surface area contributed by atoms with Gasteiger partial charge in [0.25, 0.3) is 0 Å². The molecule has 0 aromatic heterocycles. The molecule has 0 atom stereocenters. The molecule has 0 aliphatic carbocycles. The Balaban J connectivity index is 2.01. The summed E-state index contributed by atoms with van der Waals surface area (Å²) in [6, 6.07) is 12.6. The first-order valence-corrected chi connectivity index (χ1v) is 8.56. The largest absolute Gasteiger partial charge is 0.351 e. The fourth-order valence-electron chi connectivity index (χ4n) is 2.08. The molecule has 2 rings (SSSR count). The van der Waals surface area contributed by atoms with Gasteiger partial charge in [0, 0.05) is 11.6 Å². The van der Waals surface area contributed by atoms with Crippen LogP contribution < -0.4 is 10.6 Å². The summed E-state index contributed by atoms with van der Waals surface area (Å²) in [7, 11) is 0. The monoisotopic (exact) mass is 378 g/mol. The van der Waals surface area contributed by atoms with Crippen molar-refractivity contribution in [2.24, 2.45) is 5.41 Å². The summed E-state index contributed by atoms with van der Waals surface area (Å²) in [5.41, 5.74) is 1.27. The minimum Gasteiger partial charge on any atom is -0.351 e. The molecular formula is C19H20Cl2N2O2. The van der Waals surface area contributed by atoms with Gasteiger partial charge in [0.1, 0.15) is 5.41 Å². The van der Waals surface area contributed by atoms with Gasteiger partial charge in [-0.3, -0.25) is 9.59 Å². The Morgan fingerprint density at radius 3 is 2.24 bits per heavy atom. The molecular weight excluding hydrogens is 359 g/mol. The zero-order valence-corrected chi connectivity index (χ0v) is 15.8. The van der Waals surface area contributed by atoms with E-state index < -0.39 is 11.3 Å². The average molecular weight is 379 g/mol. The highest BCUT2D eigenvalue weighted by Crippen LogP contribution is 2.27. The molecule has 0 aliphatic heterocycles. The Kier molecular flexibility index (Phi) is 6.09. The highest BCUT2D eigenvalue weighted by molar-refractivity contribution is 6.36. The maximum Gasteiger partial charge on any atom is 0.239 e. The number of hydrogen-bond donors (Lipinski definition) is 2. The number of anilines is 1. The van der Waals surface area contributed by atoms with E-state index in [0.717, 1.165) is 11.1 Å². The molecule has 25 heavy (non-hydrogen) atoms. The number of halogens is 2. The van der Waals surface area contributed by atoms with Crippen LogP contribution in [0, 0.1) is 12.3 Å². The van der Waals surface area contributed by atoms with Crippen LogP contribution in [-0.4, -0.2) is 11.8 Å². The van der Waals surface area contributed by atoms with E-state index in [9.17, 15) is 9.59 Å². The lowest BCUT2D eigenvalue weighted by molar-refractivity contribution is -0.138. The number of rotatable bonds is 5. The van der Waals surface area contributed by atoms with Gasteiger partial charge in [-0.2, -0.15) is 0 Å². The first-order valence-electron chi connectivity index (χ1n) is 7.80. The topological polar surface area (TPSA) is 58.2 Å². The van der Waals surface area contributed by atoms with Crippen molar-refractivity contribution in [1.82, 2.24) is 5.32 Å². The fourth-order valence-corrected chi connectivity index (χ4v) is 2.54. The SMILES string of the molecule is Cc1ccc(CNC(=O)C(C)(C)C(=O)Nc2ccc(Cl)cc2Cl)cc1. The molecule has 0 bridgehead atoms. The van der Waals surface area contributed by atoms with E-state index in [1.54, 1.807) is 26.0 Å². The zero-order valence-electron chi connectivity index (χ0n) is 14.3. The van der Waals surface area contributed by atoms with Gasteiger partial charge >= 0.3 is 0 Å². The molecule has 132 valence electrons. The highest BCUT2D eigenvalue weighted by Gasteiger charge is 2.36. The van der Waals surface area contributed by atoms with Gasteiger partial charge in [-0.25, -0.2) is 0 Å². The predicted octanol–water partition coefficient (Wildman–Crippen LogP) is 4.58. The van der Waals surface area contributed by atoms with Crippen LogP contribution in [0.3, 0.4) is 0 Å². The van der Waals surface area contributed by atoms with Crippen LogP contribution in [0.2, 0.25) is 10.0 Å². The van der Waals surface area contributed by atoms with Crippen molar-refractivity contribution in [3.8, 4) is 0 Å². The van der Waals surface area contributed by atoms with Crippen molar-refractivity contribution in [2.75, 3.05) is 5.32 Å². The molecule has 0 spiro atoms. The fraction of sp³-hybridized carbons (Fsp3) is 0.263. The van der Waals surface area contributed by atoms with Crippen molar-refractivity contribution in [2.45, 2.75) is 27.3 Å². The van der Waals surface area contributed by atoms with E-state index in [2.05, 4.69) is 10.6 Å². The number of aryl methyl sites for hydroxylation is 1. The van der Waals surface area contributed by atoms with Gasteiger partial charge in [0.2, 0.25) is 11.8 Å². The maximum atomic E-state index is 12.5. The molecule has 0 heterocycles. The van der Waals surface area contributed by atoms with E-state index >= 15 is 0 Å². The summed E-state index contributed by atoms with van der Waals surface area (Å²) < 4.78 is 0. The smallest absolute Gasteiger partial charge is 0.239 e. The molecule has 0 saturated heterocycles. The molecule has 0 saturated carbocycles. The molecule has 2 N–H and O–H groups in total. The second-order valence-corrected chi connectivity index (χ2v) is 7.22. The quantitative estimate of drug-likeness (QED) is 0.747. The van der Waals surface area contributed by atoms with Crippen LogP contribution in [0.1, 0.15) is 25.0 Å². The second kappa shape index (κ2) is 7.89. The standard InChI is InChI=1S/C19H20Cl2N2O2/c1-12-4-6-13(7-5-12)11-22-17(24)19(2,3)18(25)23-16-9-8-14(20)10-15(16)21/h4-10H,11H2,1-3H3,(H,22,24)(H,23,25). The van der Waals surface area contributed by atoms with E-state index in [1.165, 1.54) is 6.07 Å². The van der Waals surface area contributed by atoms with E-state index in [1.807, 2.05) is 31.2 Å². The second-order valence-electron chi connectivity index (χ2n) is 6.37. The Bertz CT molecular complexity index is 787. The lowest BCUT2D eigenvalue weighted by Gasteiger charge is -2.23. The number of carbonyl (C=O) groups excluding carboxylic acids is 2. The average Bonchev–Trinajstić information content (AvgIpc) is 2.56. The van der Waals surface area contributed by atoms with Crippen molar-refractivity contribution in [3.63, 3.8) is 0 Å². The van der Waals surface area contributed by atoms with E-state index in [0.29, 0.717) is 22.3 Å². The van der Waals surface area contributed by atoms with Crippen molar-refractivity contribution >= 4 is 40.7 Å². The van der Waals surface area contributed by atoms with Crippen LogP contribution in [-0.2, 0) is 16.1 Å². The third kappa shape index (κ3) is 4.97. The normalized spacial score (nSPS) is 11.1. The number of benzene rings is 2. The van der Waals surface area contributed by atoms with Gasteiger partial charge in [-0.1, -0.05) is 53.0 Å². The Hall–Kier alpha value is -2.04. The minimum absolute atomic E-state index is 0.316. The third-order valence-corrected chi connectivity index (χ3v) is 4.44. The summed E-state index contributed by atoms with van der Waals surface area (Å²) in [6.45, 7) is 5.49. The number of hydrogen-bond acceptors (Lipinski definition) is 2. The van der Waals surface area contributed by atoms with Crippen LogP contribution in [0.15, 0.2) is 42.5 Å². The molecule has 6 heteroatoms. The minimum atomic E-state index is -1.26. The summed E-state index contributed by atoms with van der Waals surface area (Å²) >= 11 is 11.9. The summed E-state index contributed by atoms with van der Waals surface area (Å²) in [5, 5.41) is 6.26. The van der Waals surface area contributed by atoms with Crippen LogP contribution in [0.4, 0.5) is 5.69 Å². The number of amides is 2. The maximum absolute atomic E-state index is 12.5. The van der Waals surface area contributed by atoms with Crippen molar-refractivity contribution in [1.29, 1.82) is 0 Å². The zero-order chi connectivity index (χ0) is 18.6. The van der Waals surface area contributed by atoms with Gasteiger partial charge in [0.15, 0.2) is 0 Å². The Morgan fingerprint density at radius 2 is 1.64 bits per heavy atom. The Labute approximate surface area is 157 Å². The molecule has 0 radical (unpaired) electrons. The van der Waals surface area contributed by atoms with Crippen LogP contribution in [0.5, 0.6) is 0 Å². The Morgan fingerprint density at radius 1 is 1.00 bits per heavy atom. The van der Waals surface area contributed by atoms with Gasteiger partial charge in [-0.05, 0) is 44.5 Å². The van der Waals surface area contributed by atoms with Crippen LogP contribution >= 0.6 is 23.2 Å². The molecule has 2 aromatic rings. The van der Waals surface area contributed by atoms with E-state index in [4.69, 9.17) is 23.2 Å². The lowest BCUT2D eigenvalue weighted by Crippen LogP contribution is -2.44. The first-order chi connectivity index (χ1) is 11.7. The summed E-state index contributed by atoms with van der Waals surface area (Å²) in [6.07, 6.45) is 0. The molecule has 0 fully saturated rings. The lowest BCUT2D eigenvalue weighted by atomic mass is 9.90. The van der Waals surface area contributed by atoms with Crippen molar-refractivity contribution in [3.05, 3.63) is 63.6 Å². The third-order valence-electron chi connectivity index (χ3n) is 3.89. The summed E-state index contributed by atoms with van der Waals surface area (Å²) in [5.74, 6) is -0.811. The number of carbonyl (C=O) groups is 2. The van der Waals surface area contributed by atoms with Gasteiger partial charge in [0.05, 0.1) is 10.7 Å². The summed E-state index contributed by atoms with van der Waals surface area (Å²) in [4.78, 5) is 25.0. The predicted molar refractivity (Wildman–Crippen MR) is 102 cm³/mol. The van der Waals surface area contributed by atoms with Crippen LogP contribution in [0.25, 0.3) is 0 Å². The highest BCUT2D eigenvalue weighted by atomic mass is 35.5. The van der Waals surface area contributed by atoms with Crippen molar-refractivity contribution < 1.29 is 9.59 Å². The van der Waals surface area contributed by atoms with Gasteiger partial charge < -0.3 is 10.6 Å². The molecule has 2 amide bonds. The molecule has 0 unspecified atom stereocenters. The molecule has 0 aliphatic rings. The van der Waals surface area contributed by atoms with Gasteiger partial charge in [-0.15, -0.1) is 0 Å². The molecule has 2 aromatic carbocycles. The first kappa shape index (κ1) is 19.3. The number of nitrogens with one attached hydrogen (secondary N) is 2. The molecule has 4 nitrogen and oxygen atoms in total.